The number of hydrogen-bond acceptors (Lipinski definition) is 4. The number of nitrogens with zero attached hydrogens (tertiary/aromatic N) is 2. The summed E-state index contributed by atoms with van der Waals surface area (Å²) in [5, 5.41) is 0. The summed E-state index contributed by atoms with van der Waals surface area (Å²) in [6.07, 6.45) is 8.88. The number of rotatable bonds is 8. The summed E-state index contributed by atoms with van der Waals surface area (Å²) in [7, 11) is -1.78. The minimum Gasteiger partial charge on any atom is -0.467 e. The van der Waals surface area contributed by atoms with E-state index in [2.05, 4.69) is 104 Å². The van der Waals surface area contributed by atoms with Gasteiger partial charge in [-0.15, -0.1) is 0 Å². The lowest BCUT2D eigenvalue weighted by molar-refractivity contribution is -0.113. The van der Waals surface area contributed by atoms with Crippen LogP contribution < -0.4 is 9.80 Å². The van der Waals surface area contributed by atoms with Crippen LogP contribution in [0.5, 0.6) is 0 Å². The smallest absolute Gasteiger partial charge is 0.172 e. The summed E-state index contributed by atoms with van der Waals surface area (Å²) in [5.74, 6) is 1.68. The molecule has 1 spiro atoms. The summed E-state index contributed by atoms with van der Waals surface area (Å²) in [5.41, 5.74) is 3.30. The van der Waals surface area contributed by atoms with Gasteiger partial charge in [-0.3, -0.25) is 4.79 Å². The molecule has 184 valence electrons. The van der Waals surface area contributed by atoms with Crippen LogP contribution in [0.25, 0.3) is 0 Å². The van der Waals surface area contributed by atoms with Gasteiger partial charge in [0.05, 0.1) is 11.8 Å². The van der Waals surface area contributed by atoms with Gasteiger partial charge in [0.15, 0.2) is 5.78 Å². The summed E-state index contributed by atoms with van der Waals surface area (Å²) >= 11 is 0. The number of anilines is 2. The molecule has 0 aromatic heterocycles. The van der Waals surface area contributed by atoms with E-state index < -0.39 is 14.8 Å². The van der Waals surface area contributed by atoms with Gasteiger partial charge in [0.2, 0.25) is 0 Å². The number of carbonyl (C=O) groups excluding carboxylic acids is 1. The van der Waals surface area contributed by atoms with Crippen molar-refractivity contribution in [2.24, 2.45) is 0 Å². The molecule has 2 heterocycles. The van der Waals surface area contributed by atoms with E-state index in [0.717, 1.165) is 43.9 Å². The fourth-order valence-electron chi connectivity index (χ4n) is 6.07. The van der Waals surface area contributed by atoms with Gasteiger partial charge in [0, 0.05) is 43.3 Å². The minimum absolute atomic E-state index is 0.222. The lowest BCUT2D eigenvalue weighted by Crippen LogP contribution is -2.35. The van der Waals surface area contributed by atoms with Crippen molar-refractivity contribution in [2.45, 2.75) is 48.7 Å². The van der Waals surface area contributed by atoms with Crippen molar-refractivity contribution in [1.82, 2.24) is 0 Å². The number of allylic oxidation sites excluding steroid dienone is 3. The SMILES string of the molecule is CCN(CC)c1ccc(S2(c3ccc(N(CC)CC)cc3)CC(=O)C3=COC4=CC=CCC432)cc1. The minimum atomic E-state index is -1.78. The Hall–Kier alpha value is -2.92. The Bertz CT molecular complexity index is 1130. The van der Waals surface area contributed by atoms with Crippen molar-refractivity contribution in [3.8, 4) is 0 Å². The molecule has 5 heteroatoms. The molecule has 0 saturated carbocycles. The number of benzene rings is 2. The molecule has 1 unspecified atom stereocenters. The number of ketones is 1. The van der Waals surface area contributed by atoms with Crippen LogP contribution >= 0.6 is 10.0 Å². The second-order valence-electron chi connectivity index (χ2n) is 9.28. The Morgan fingerprint density at radius 3 is 1.83 bits per heavy atom. The first-order chi connectivity index (χ1) is 17.0. The van der Waals surface area contributed by atoms with Gasteiger partial charge in [-0.25, -0.2) is 0 Å². The van der Waals surface area contributed by atoms with Crippen molar-refractivity contribution in [1.29, 1.82) is 0 Å². The fourth-order valence-corrected chi connectivity index (χ4v) is 10.9. The van der Waals surface area contributed by atoms with Crippen LogP contribution in [0.4, 0.5) is 11.4 Å². The molecule has 2 aliphatic heterocycles. The molecule has 5 rings (SSSR count). The van der Waals surface area contributed by atoms with Crippen LogP contribution in [-0.4, -0.2) is 42.5 Å². The molecular weight excluding hydrogens is 452 g/mol. The second kappa shape index (κ2) is 9.27. The molecule has 1 atom stereocenters. The molecule has 2 aromatic carbocycles. The monoisotopic (exact) mass is 488 g/mol. The average Bonchev–Trinajstić information content (AvgIpc) is 3.41. The van der Waals surface area contributed by atoms with Crippen LogP contribution in [0, 0.1) is 0 Å². The molecule has 1 aliphatic carbocycles. The van der Waals surface area contributed by atoms with Crippen molar-refractivity contribution in [2.75, 3.05) is 41.7 Å². The van der Waals surface area contributed by atoms with E-state index >= 15 is 0 Å². The Morgan fingerprint density at radius 1 is 0.829 bits per heavy atom. The third kappa shape index (κ3) is 3.39. The fraction of sp³-hybridized carbons (Fsp3) is 0.367. The Kier molecular flexibility index (Phi) is 6.30. The molecule has 2 aromatic rings. The maximum Gasteiger partial charge on any atom is 0.172 e. The van der Waals surface area contributed by atoms with Gasteiger partial charge in [0.25, 0.3) is 0 Å². The normalized spacial score (nSPS) is 22.6. The quantitative estimate of drug-likeness (QED) is 0.415. The summed E-state index contributed by atoms with van der Waals surface area (Å²) < 4.78 is 5.68. The molecule has 4 nitrogen and oxygen atoms in total. The van der Waals surface area contributed by atoms with Crippen LogP contribution in [0.15, 0.2) is 94.1 Å². The molecule has 1 saturated heterocycles. The van der Waals surface area contributed by atoms with Crippen molar-refractivity contribution >= 4 is 27.2 Å². The third-order valence-electron chi connectivity index (χ3n) is 7.90. The van der Waals surface area contributed by atoms with E-state index in [4.69, 9.17) is 4.74 Å². The first kappa shape index (κ1) is 23.8. The molecule has 0 bridgehead atoms. The Morgan fingerprint density at radius 2 is 1.34 bits per heavy atom. The highest BCUT2D eigenvalue weighted by Crippen LogP contribution is 2.80. The van der Waals surface area contributed by atoms with Gasteiger partial charge in [-0.2, -0.15) is 10.0 Å². The van der Waals surface area contributed by atoms with Crippen LogP contribution in [0.1, 0.15) is 34.1 Å². The largest absolute Gasteiger partial charge is 0.467 e. The van der Waals surface area contributed by atoms with E-state index in [1.165, 1.54) is 21.2 Å². The first-order valence-electron chi connectivity index (χ1n) is 12.8. The van der Waals surface area contributed by atoms with Gasteiger partial charge in [-0.1, -0.05) is 12.2 Å². The molecular formula is C30H36N2O2S. The standard InChI is InChI=1S/C30H36N2O2S/c1-5-31(6-2)23-12-16-25(17-13-23)35(26-18-14-24(15-19-26)32(7-3)8-4)22-28(33)27-21-34-29-11-9-10-20-30(27,29)35/h9-19,21H,5-8,20,22H2,1-4H3. The topological polar surface area (TPSA) is 32.8 Å². The molecule has 0 radical (unpaired) electrons. The summed E-state index contributed by atoms with van der Waals surface area (Å²) in [6.45, 7) is 12.7. The van der Waals surface area contributed by atoms with E-state index in [9.17, 15) is 4.79 Å². The zero-order valence-corrected chi connectivity index (χ0v) is 22.1. The van der Waals surface area contributed by atoms with E-state index in [-0.39, 0.29) is 5.78 Å². The number of hydrogen-bond donors (Lipinski definition) is 0. The van der Waals surface area contributed by atoms with Crippen LogP contribution in [0.2, 0.25) is 0 Å². The van der Waals surface area contributed by atoms with E-state index in [0.29, 0.717) is 5.75 Å². The van der Waals surface area contributed by atoms with Crippen LogP contribution in [0.3, 0.4) is 0 Å². The Labute approximate surface area is 211 Å². The number of carbonyl (C=O) groups is 1. The number of Topliss-reactive ketones (excluding diaryl/α,β-unsaturated/α-hetero) is 1. The summed E-state index contributed by atoms with van der Waals surface area (Å²) in [6, 6.07) is 18.1. The molecule has 0 N–H and O–H groups in total. The van der Waals surface area contributed by atoms with Gasteiger partial charge in [-0.05, 0) is 98.5 Å². The van der Waals surface area contributed by atoms with E-state index in [1.807, 2.05) is 0 Å². The zero-order chi connectivity index (χ0) is 24.6. The highest BCUT2D eigenvalue weighted by atomic mass is 32.3. The molecule has 0 amide bonds. The lowest BCUT2D eigenvalue weighted by atomic mass is 9.90. The molecule has 3 aliphatic rings. The predicted molar refractivity (Wildman–Crippen MR) is 148 cm³/mol. The Balaban J connectivity index is 1.71. The zero-order valence-electron chi connectivity index (χ0n) is 21.3. The van der Waals surface area contributed by atoms with Crippen molar-refractivity contribution in [3.05, 3.63) is 84.4 Å². The maximum atomic E-state index is 13.6. The van der Waals surface area contributed by atoms with Gasteiger partial charge >= 0.3 is 0 Å². The van der Waals surface area contributed by atoms with Crippen LogP contribution in [-0.2, 0) is 9.53 Å². The third-order valence-corrected chi connectivity index (χ3v) is 12.5. The number of ether oxygens (including phenoxy) is 1. The molecule has 1 fully saturated rings. The maximum absolute atomic E-state index is 13.6. The van der Waals surface area contributed by atoms with E-state index in [1.54, 1.807) is 6.26 Å². The predicted octanol–water partition coefficient (Wildman–Crippen LogP) is 6.68. The average molecular weight is 489 g/mol. The first-order valence-corrected chi connectivity index (χ1v) is 14.6. The van der Waals surface area contributed by atoms with Gasteiger partial charge in [0.1, 0.15) is 10.5 Å². The lowest BCUT2D eigenvalue weighted by Gasteiger charge is -2.50. The highest BCUT2D eigenvalue weighted by Gasteiger charge is 2.64. The van der Waals surface area contributed by atoms with Crippen molar-refractivity contribution < 1.29 is 9.53 Å². The second-order valence-corrected chi connectivity index (χ2v) is 12.7. The molecule has 35 heavy (non-hydrogen) atoms. The van der Waals surface area contributed by atoms with Crippen molar-refractivity contribution in [3.63, 3.8) is 0 Å². The summed E-state index contributed by atoms with van der Waals surface area (Å²) in [4.78, 5) is 20.8. The van der Waals surface area contributed by atoms with Gasteiger partial charge < -0.3 is 14.5 Å². The highest BCUT2D eigenvalue weighted by molar-refractivity contribution is 8.36.